The van der Waals surface area contributed by atoms with E-state index in [2.05, 4.69) is 21.8 Å². The van der Waals surface area contributed by atoms with Crippen molar-refractivity contribution in [1.29, 1.82) is 0 Å². The van der Waals surface area contributed by atoms with Gasteiger partial charge in [-0.2, -0.15) is 5.10 Å². The summed E-state index contributed by atoms with van der Waals surface area (Å²) in [6.07, 6.45) is 6.00. The normalized spacial score (nSPS) is 17.7. The van der Waals surface area contributed by atoms with E-state index in [1.165, 1.54) is 0 Å². The number of amides is 3. The van der Waals surface area contributed by atoms with Crippen LogP contribution in [0, 0.1) is 5.92 Å². The van der Waals surface area contributed by atoms with E-state index in [0.717, 1.165) is 12.1 Å². The first-order valence-corrected chi connectivity index (χ1v) is 11.9. The van der Waals surface area contributed by atoms with Gasteiger partial charge in [-0.25, -0.2) is 0 Å². The fourth-order valence-corrected chi connectivity index (χ4v) is 3.88. The van der Waals surface area contributed by atoms with E-state index in [4.69, 9.17) is 23.2 Å². The van der Waals surface area contributed by atoms with Gasteiger partial charge in [-0.15, -0.1) is 0 Å². The summed E-state index contributed by atoms with van der Waals surface area (Å²) < 4.78 is 0. The van der Waals surface area contributed by atoms with Crippen LogP contribution < -0.4 is 15.6 Å². The Morgan fingerprint density at radius 2 is 1.91 bits per heavy atom. The average molecular weight is 494 g/mol. The van der Waals surface area contributed by atoms with Gasteiger partial charge in [-0.3, -0.25) is 19.4 Å². The van der Waals surface area contributed by atoms with Crippen molar-refractivity contribution >= 4 is 52.4 Å². The second-order valence-electron chi connectivity index (χ2n) is 8.17. The third-order valence-corrected chi connectivity index (χ3v) is 6.23. The largest absolute Gasteiger partial charge is 0.356 e. The van der Waals surface area contributed by atoms with E-state index in [-0.39, 0.29) is 42.9 Å². The molecule has 0 radical (unpaired) electrons. The molecule has 2 heterocycles. The van der Waals surface area contributed by atoms with E-state index in [1.807, 2.05) is 19.1 Å². The predicted octanol–water partition coefficient (Wildman–Crippen LogP) is 3.34. The van der Waals surface area contributed by atoms with Gasteiger partial charge >= 0.3 is 0 Å². The Hall–Kier alpha value is -2.58. The third kappa shape index (κ3) is 7.47. The molecule has 0 bridgehead atoms. The highest BCUT2D eigenvalue weighted by Gasteiger charge is 2.25. The molecule has 1 aromatic carbocycles. The van der Waals surface area contributed by atoms with Gasteiger partial charge in [-0.1, -0.05) is 42.3 Å². The van der Waals surface area contributed by atoms with Crippen molar-refractivity contribution in [2.75, 3.05) is 31.2 Å². The van der Waals surface area contributed by atoms with Crippen LogP contribution in [-0.2, 0) is 14.4 Å². The molecule has 10 heteroatoms. The van der Waals surface area contributed by atoms with Crippen molar-refractivity contribution in [1.82, 2.24) is 15.5 Å². The van der Waals surface area contributed by atoms with Crippen LogP contribution in [0.5, 0.6) is 0 Å². The lowest BCUT2D eigenvalue weighted by atomic mass is 10.1. The van der Waals surface area contributed by atoms with Gasteiger partial charge in [0.1, 0.15) is 5.84 Å². The van der Waals surface area contributed by atoms with Gasteiger partial charge in [-0.05, 0) is 31.0 Å². The molecule has 0 saturated carbocycles. The maximum atomic E-state index is 12.3. The van der Waals surface area contributed by atoms with Gasteiger partial charge in [0.15, 0.2) is 0 Å². The van der Waals surface area contributed by atoms with Crippen LogP contribution in [0.2, 0.25) is 10.0 Å². The minimum atomic E-state index is -0.178. The zero-order chi connectivity index (χ0) is 23.8. The summed E-state index contributed by atoms with van der Waals surface area (Å²) in [5.41, 5.74) is 0.804. The van der Waals surface area contributed by atoms with Crippen LogP contribution >= 0.6 is 23.2 Å². The molecule has 178 valence electrons. The fraction of sp³-hybridized carbons (Fsp3) is 0.478. The molecule has 33 heavy (non-hydrogen) atoms. The number of carbonyl (C=O) groups excluding carboxylic acids is 3. The predicted molar refractivity (Wildman–Crippen MR) is 130 cm³/mol. The lowest BCUT2D eigenvalue weighted by molar-refractivity contribution is -0.133. The number of nitrogens with zero attached hydrogens (tertiary/aromatic N) is 3. The summed E-state index contributed by atoms with van der Waals surface area (Å²) in [6.45, 7) is 4.31. The molecule has 2 aliphatic rings. The second kappa shape index (κ2) is 12.0. The highest BCUT2D eigenvalue weighted by Crippen LogP contribution is 2.29. The van der Waals surface area contributed by atoms with Crippen molar-refractivity contribution in [3.05, 3.63) is 40.4 Å². The minimum Gasteiger partial charge on any atom is -0.356 e. The van der Waals surface area contributed by atoms with Crippen LogP contribution in [0.1, 0.15) is 39.0 Å². The monoisotopic (exact) mass is 493 g/mol. The quantitative estimate of drug-likeness (QED) is 0.428. The van der Waals surface area contributed by atoms with Crippen molar-refractivity contribution < 1.29 is 14.4 Å². The number of rotatable bonds is 8. The summed E-state index contributed by atoms with van der Waals surface area (Å²) in [7, 11) is 0. The Bertz CT molecular complexity index is 950. The molecular formula is C23H29Cl2N5O3. The van der Waals surface area contributed by atoms with Gasteiger partial charge in [0.25, 0.3) is 0 Å². The first-order chi connectivity index (χ1) is 15.8. The molecule has 2 N–H and O–H groups in total. The van der Waals surface area contributed by atoms with Gasteiger partial charge in [0, 0.05) is 44.8 Å². The molecule has 3 amide bonds. The number of anilines is 1. The molecule has 1 aromatic rings. The Labute approximate surface area is 204 Å². The topological polar surface area (TPSA) is 94.1 Å². The highest BCUT2D eigenvalue weighted by atomic mass is 35.5. The molecule has 0 spiro atoms. The Balaban J connectivity index is 1.34. The first kappa shape index (κ1) is 25.1. The maximum Gasteiger partial charge on any atom is 0.225 e. The highest BCUT2D eigenvalue weighted by molar-refractivity contribution is 6.42. The Morgan fingerprint density at radius 1 is 1.09 bits per heavy atom. The average Bonchev–Trinajstić information content (AvgIpc) is 3.17. The summed E-state index contributed by atoms with van der Waals surface area (Å²) in [5.74, 6) is 0.314. The minimum absolute atomic E-state index is 0.00440. The lowest BCUT2D eigenvalue weighted by Gasteiger charge is -2.23. The van der Waals surface area contributed by atoms with Gasteiger partial charge in [0.05, 0.1) is 22.3 Å². The van der Waals surface area contributed by atoms with Crippen molar-refractivity contribution in [3.8, 4) is 0 Å². The van der Waals surface area contributed by atoms with Crippen LogP contribution in [-0.4, -0.2) is 54.6 Å². The number of amidine groups is 1. The number of carbonyl (C=O) groups is 3. The third-order valence-electron chi connectivity index (χ3n) is 5.49. The van der Waals surface area contributed by atoms with Crippen LogP contribution in [0.3, 0.4) is 0 Å². The molecular weight excluding hydrogens is 465 g/mol. The number of hydrazone groups is 1. The molecule has 0 aromatic heterocycles. The van der Waals surface area contributed by atoms with Crippen LogP contribution in [0.15, 0.2) is 35.5 Å². The number of benzene rings is 1. The SMILES string of the molecule is CC1CN(c2ccc(Cl)c(Cl)c2)N=C1NC(=O)CCCNC(=O)CCC(=O)N1CC=CCC1. The van der Waals surface area contributed by atoms with E-state index in [0.29, 0.717) is 48.5 Å². The van der Waals surface area contributed by atoms with Crippen LogP contribution in [0.25, 0.3) is 0 Å². The van der Waals surface area contributed by atoms with Crippen molar-refractivity contribution in [2.45, 2.75) is 39.0 Å². The zero-order valence-corrected chi connectivity index (χ0v) is 20.2. The van der Waals surface area contributed by atoms with Gasteiger partial charge < -0.3 is 15.5 Å². The number of hydrogen-bond acceptors (Lipinski definition) is 5. The molecule has 1 atom stereocenters. The Morgan fingerprint density at radius 3 is 2.64 bits per heavy atom. The number of halogens is 2. The molecule has 8 nitrogen and oxygen atoms in total. The lowest BCUT2D eigenvalue weighted by Crippen LogP contribution is -2.35. The fourth-order valence-electron chi connectivity index (χ4n) is 3.59. The summed E-state index contributed by atoms with van der Waals surface area (Å²) >= 11 is 12.1. The first-order valence-electron chi connectivity index (χ1n) is 11.1. The molecule has 0 aliphatic carbocycles. The van der Waals surface area contributed by atoms with E-state index >= 15 is 0 Å². The maximum absolute atomic E-state index is 12.3. The molecule has 0 fully saturated rings. The summed E-state index contributed by atoms with van der Waals surface area (Å²) in [6, 6.07) is 5.28. The van der Waals surface area contributed by atoms with Crippen molar-refractivity contribution in [2.24, 2.45) is 11.0 Å². The standard InChI is InChI=1S/C23H29Cl2N5O3/c1-16-15-30(17-7-8-18(24)19(25)14-17)28-23(16)27-21(32)6-5-11-26-20(31)9-10-22(33)29-12-3-2-4-13-29/h2-3,7-8,14,16H,4-6,9-13,15H2,1H3,(H,26,31)(H,27,28,32). The molecule has 2 aliphatic heterocycles. The molecule has 3 rings (SSSR count). The van der Waals surface area contributed by atoms with E-state index in [9.17, 15) is 14.4 Å². The van der Waals surface area contributed by atoms with Crippen molar-refractivity contribution in [3.63, 3.8) is 0 Å². The number of hydrogen-bond donors (Lipinski definition) is 2. The summed E-state index contributed by atoms with van der Waals surface area (Å²) in [4.78, 5) is 38.1. The van der Waals surface area contributed by atoms with E-state index in [1.54, 1.807) is 22.0 Å². The second-order valence-corrected chi connectivity index (χ2v) is 8.98. The molecule has 1 unspecified atom stereocenters. The van der Waals surface area contributed by atoms with E-state index < -0.39 is 0 Å². The summed E-state index contributed by atoms with van der Waals surface area (Å²) in [5, 5.41) is 12.8. The zero-order valence-electron chi connectivity index (χ0n) is 18.7. The number of nitrogens with one attached hydrogen (secondary N) is 2. The Kier molecular flexibility index (Phi) is 9.14. The molecule has 0 saturated heterocycles. The smallest absolute Gasteiger partial charge is 0.225 e. The van der Waals surface area contributed by atoms with Gasteiger partial charge in [0.2, 0.25) is 17.7 Å². The van der Waals surface area contributed by atoms with Crippen LogP contribution in [0.4, 0.5) is 5.69 Å².